The lowest BCUT2D eigenvalue weighted by Gasteiger charge is -2.17. The van der Waals surface area contributed by atoms with E-state index in [1.165, 1.54) is 26.2 Å². The van der Waals surface area contributed by atoms with Crippen LogP contribution in [-0.4, -0.2) is 57.8 Å². The van der Waals surface area contributed by atoms with Crippen LogP contribution < -0.4 is 10.1 Å². The number of hydrogen-bond donors (Lipinski definition) is 1. The molecular formula is C20H27N3O4S. The predicted octanol–water partition coefficient (Wildman–Crippen LogP) is 2.41. The van der Waals surface area contributed by atoms with Crippen molar-refractivity contribution in [3.05, 3.63) is 54.1 Å². The summed E-state index contributed by atoms with van der Waals surface area (Å²) in [6.07, 6.45) is 0. The highest BCUT2D eigenvalue weighted by molar-refractivity contribution is 7.89. The molecule has 0 atom stereocenters. The highest BCUT2D eigenvalue weighted by Crippen LogP contribution is 2.18. The molecule has 0 fully saturated rings. The molecule has 0 bridgehead atoms. The molecule has 0 aromatic heterocycles. The number of anilines is 1. The molecule has 1 N–H and O–H groups in total. The summed E-state index contributed by atoms with van der Waals surface area (Å²) in [6, 6.07) is 14.0. The Bertz CT molecular complexity index is 896. The summed E-state index contributed by atoms with van der Waals surface area (Å²) >= 11 is 0. The van der Waals surface area contributed by atoms with E-state index >= 15 is 0 Å². The zero-order chi connectivity index (χ0) is 20.7. The second kappa shape index (κ2) is 9.68. The lowest BCUT2D eigenvalue weighted by molar-refractivity contribution is -0.117. The smallest absolute Gasteiger partial charge is 0.242 e. The molecule has 0 saturated carbocycles. The van der Waals surface area contributed by atoms with Crippen LogP contribution in [0.1, 0.15) is 12.5 Å². The Labute approximate surface area is 167 Å². The first-order valence-electron chi connectivity index (χ1n) is 8.95. The molecule has 152 valence electrons. The normalized spacial score (nSPS) is 11.6. The van der Waals surface area contributed by atoms with Crippen molar-refractivity contribution in [3.8, 4) is 5.75 Å². The Balaban J connectivity index is 1.94. The molecule has 2 aromatic carbocycles. The van der Waals surface area contributed by atoms with Crippen LogP contribution in [0.15, 0.2) is 53.4 Å². The SMILES string of the molecule is CCOc1ccc(CN(C)CC(=O)Nc2cccc(S(=O)(=O)N(C)C)c2)cc1. The summed E-state index contributed by atoms with van der Waals surface area (Å²) < 4.78 is 31.0. The number of rotatable bonds is 9. The van der Waals surface area contributed by atoms with Gasteiger partial charge in [-0.25, -0.2) is 12.7 Å². The number of carbonyl (C=O) groups is 1. The van der Waals surface area contributed by atoms with Crippen molar-refractivity contribution >= 4 is 21.6 Å². The van der Waals surface area contributed by atoms with Gasteiger partial charge in [0.25, 0.3) is 0 Å². The zero-order valence-corrected chi connectivity index (χ0v) is 17.5. The van der Waals surface area contributed by atoms with Crippen LogP contribution in [-0.2, 0) is 21.4 Å². The van der Waals surface area contributed by atoms with Gasteiger partial charge in [-0.2, -0.15) is 0 Å². The van der Waals surface area contributed by atoms with Crippen LogP contribution in [0.25, 0.3) is 0 Å². The quantitative estimate of drug-likeness (QED) is 0.693. The second-order valence-electron chi connectivity index (χ2n) is 6.61. The summed E-state index contributed by atoms with van der Waals surface area (Å²) in [6.45, 7) is 3.34. The number of likely N-dealkylation sites (N-methyl/N-ethyl adjacent to an activating group) is 1. The minimum atomic E-state index is -3.55. The van der Waals surface area contributed by atoms with Gasteiger partial charge in [0.15, 0.2) is 0 Å². The zero-order valence-electron chi connectivity index (χ0n) is 16.7. The maximum absolute atomic E-state index is 12.3. The summed E-state index contributed by atoms with van der Waals surface area (Å²) in [5.41, 5.74) is 1.51. The monoisotopic (exact) mass is 405 g/mol. The first-order chi connectivity index (χ1) is 13.2. The largest absolute Gasteiger partial charge is 0.494 e. The van der Waals surface area contributed by atoms with Gasteiger partial charge in [0.05, 0.1) is 18.0 Å². The van der Waals surface area contributed by atoms with E-state index in [2.05, 4.69) is 5.32 Å². The number of nitrogens with zero attached hydrogens (tertiary/aromatic N) is 2. The van der Waals surface area contributed by atoms with Crippen LogP contribution in [0.3, 0.4) is 0 Å². The number of carbonyl (C=O) groups excluding carboxylic acids is 1. The van der Waals surface area contributed by atoms with Gasteiger partial charge in [0.1, 0.15) is 5.75 Å². The van der Waals surface area contributed by atoms with Gasteiger partial charge < -0.3 is 10.1 Å². The molecule has 1 amide bonds. The first-order valence-corrected chi connectivity index (χ1v) is 10.4. The molecule has 0 aliphatic heterocycles. The fourth-order valence-corrected chi connectivity index (χ4v) is 3.56. The molecular weight excluding hydrogens is 378 g/mol. The maximum Gasteiger partial charge on any atom is 0.242 e. The Hall–Kier alpha value is -2.42. The van der Waals surface area contributed by atoms with Crippen molar-refractivity contribution in [1.29, 1.82) is 0 Å². The number of benzene rings is 2. The third-order valence-electron chi connectivity index (χ3n) is 4.00. The molecule has 2 rings (SSSR count). The molecule has 28 heavy (non-hydrogen) atoms. The molecule has 0 unspecified atom stereocenters. The summed E-state index contributed by atoms with van der Waals surface area (Å²) in [4.78, 5) is 14.3. The third kappa shape index (κ3) is 6.05. The fourth-order valence-electron chi connectivity index (χ4n) is 2.62. The lowest BCUT2D eigenvalue weighted by Crippen LogP contribution is -2.30. The molecule has 0 aliphatic carbocycles. The molecule has 0 aliphatic rings. The van der Waals surface area contributed by atoms with E-state index in [0.29, 0.717) is 18.8 Å². The molecule has 2 aromatic rings. The number of hydrogen-bond acceptors (Lipinski definition) is 5. The summed E-state index contributed by atoms with van der Waals surface area (Å²) in [5, 5.41) is 2.75. The van der Waals surface area contributed by atoms with Crippen molar-refractivity contribution in [2.24, 2.45) is 0 Å². The minimum absolute atomic E-state index is 0.137. The Morgan fingerprint density at radius 3 is 2.36 bits per heavy atom. The van der Waals surface area contributed by atoms with Gasteiger partial charge in [-0.05, 0) is 49.9 Å². The van der Waals surface area contributed by atoms with E-state index < -0.39 is 10.0 Å². The maximum atomic E-state index is 12.3. The van der Waals surface area contributed by atoms with Crippen LogP contribution in [0.2, 0.25) is 0 Å². The highest BCUT2D eigenvalue weighted by atomic mass is 32.2. The topological polar surface area (TPSA) is 79.0 Å². The van der Waals surface area contributed by atoms with Crippen LogP contribution in [0.5, 0.6) is 5.75 Å². The Kier molecular flexibility index (Phi) is 7.56. The van der Waals surface area contributed by atoms with Gasteiger partial charge in [0, 0.05) is 26.3 Å². The Morgan fingerprint density at radius 1 is 1.07 bits per heavy atom. The summed E-state index contributed by atoms with van der Waals surface area (Å²) in [5.74, 6) is 0.604. The van der Waals surface area contributed by atoms with E-state index in [1.807, 2.05) is 43.1 Å². The van der Waals surface area contributed by atoms with Crippen molar-refractivity contribution in [2.45, 2.75) is 18.4 Å². The van der Waals surface area contributed by atoms with E-state index in [9.17, 15) is 13.2 Å². The highest BCUT2D eigenvalue weighted by Gasteiger charge is 2.17. The van der Waals surface area contributed by atoms with Crippen molar-refractivity contribution in [3.63, 3.8) is 0 Å². The van der Waals surface area contributed by atoms with Gasteiger partial charge >= 0.3 is 0 Å². The van der Waals surface area contributed by atoms with Crippen molar-refractivity contribution in [1.82, 2.24) is 9.21 Å². The summed E-state index contributed by atoms with van der Waals surface area (Å²) in [7, 11) is 1.24. The number of nitrogens with one attached hydrogen (secondary N) is 1. The standard InChI is InChI=1S/C20H27N3O4S/c1-5-27-18-11-9-16(10-12-18)14-23(4)15-20(24)21-17-7-6-8-19(13-17)28(25,26)22(2)3/h6-13H,5,14-15H2,1-4H3,(H,21,24). The number of amides is 1. The first kappa shape index (κ1) is 21.9. The van der Waals surface area contributed by atoms with E-state index in [4.69, 9.17) is 4.74 Å². The molecule has 0 saturated heterocycles. The fraction of sp³-hybridized carbons (Fsp3) is 0.350. The predicted molar refractivity (Wildman–Crippen MR) is 110 cm³/mol. The van der Waals surface area contributed by atoms with E-state index in [0.717, 1.165) is 15.6 Å². The molecule has 0 heterocycles. The average Bonchev–Trinajstić information content (AvgIpc) is 2.63. The average molecular weight is 406 g/mol. The van der Waals surface area contributed by atoms with E-state index in [-0.39, 0.29) is 17.3 Å². The molecule has 0 radical (unpaired) electrons. The minimum Gasteiger partial charge on any atom is -0.494 e. The second-order valence-corrected chi connectivity index (χ2v) is 8.76. The number of sulfonamides is 1. The molecule has 0 spiro atoms. The van der Waals surface area contributed by atoms with Gasteiger partial charge in [-0.3, -0.25) is 9.69 Å². The molecule has 7 nitrogen and oxygen atoms in total. The van der Waals surface area contributed by atoms with Crippen molar-refractivity contribution in [2.75, 3.05) is 39.6 Å². The third-order valence-corrected chi connectivity index (χ3v) is 5.81. The van der Waals surface area contributed by atoms with Crippen LogP contribution in [0.4, 0.5) is 5.69 Å². The van der Waals surface area contributed by atoms with Crippen LogP contribution >= 0.6 is 0 Å². The van der Waals surface area contributed by atoms with Gasteiger partial charge in [0.2, 0.25) is 15.9 Å². The van der Waals surface area contributed by atoms with Gasteiger partial charge in [-0.15, -0.1) is 0 Å². The lowest BCUT2D eigenvalue weighted by atomic mass is 10.2. The number of ether oxygens (including phenoxy) is 1. The molecule has 8 heteroatoms. The van der Waals surface area contributed by atoms with Crippen LogP contribution in [0, 0.1) is 0 Å². The van der Waals surface area contributed by atoms with Gasteiger partial charge in [-0.1, -0.05) is 18.2 Å². The Morgan fingerprint density at radius 2 is 1.75 bits per heavy atom. The van der Waals surface area contributed by atoms with Crippen molar-refractivity contribution < 1.29 is 17.9 Å². The van der Waals surface area contributed by atoms with E-state index in [1.54, 1.807) is 12.1 Å².